The minimum atomic E-state index is -2.70. The van der Waals surface area contributed by atoms with Crippen LogP contribution in [0, 0.1) is 5.92 Å². The van der Waals surface area contributed by atoms with Crippen LogP contribution >= 0.6 is 12.4 Å². The number of hydrogen-bond donors (Lipinski definition) is 1. The van der Waals surface area contributed by atoms with Gasteiger partial charge in [-0.1, -0.05) is 0 Å². The minimum Gasteiger partial charge on any atom is -0.328 e. The summed E-state index contributed by atoms with van der Waals surface area (Å²) in [6.07, 6.45) is 1.66. The van der Waals surface area contributed by atoms with Crippen LogP contribution in [0.25, 0.3) is 0 Å². The second kappa shape index (κ2) is 4.44. The van der Waals surface area contributed by atoms with Gasteiger partial charge in [0, 0.05) is 6.04 Å². The lowest BCUT2D eigenvalue weighted by Crippen LogP contribution is -2.20. The van der Waals surface area contributed by atoms with E-state index in [2.05, 4.69) is 0 Å². The Morgan fingerprint density at radius 3 is 2.50 bits per heavy atom. The van der Waals surface area contributed by atoms with Crippen LogP contribution in [0.4, 0.5) is 0 Å². The fourth-order valence-corrected chi connectivity index (χ4v) is 3.46. The summed E-state index contributed by atoms with van der Waals surface area (Å²) < 4.78 is 22.0. The predicted octanol–water partition coefficient (Wildman–Crippen LogP) is 0.580. The van der Waals surface area contributed by atoms with E-state index >= 15 is 0 Å². The van der Waals surface area contributed by atoms with Crippen LogP contribution in [0.1, 0.15) is 19.8 Å². The molecule has 0 radical (unpaired) electrons. The molecule has 1 fully saturated rings. The standard InChI is InChI=1S/C7H15NO2S.ClH/c1-6(8)4-7-2-3-11(9,10)5-7;/h6-7H,2-5,8H2,1H3;1H. The third-order valence-electron chi connectivity index (χ3n) is 2.03. The first-order valence-corrected chi connectivity index (χ1v) is 5.78. The SMILES string of the molecule is CC(N)CC1CCS(=O)(=O)C1.Cl. The molecule has 0 aromatic carbocycles. The van der Waals surface area contributed by atoms with Gasteiger partial charge >= 0.3 is 0 Å². The molecule has 12 heavy (non-hydrogen) atoms. The molecule has 1 heterocycles. The third-order valence-corrected chi connectivity index (χ3v) is 3.87. The molecule has 74 valence electrons. The van der Waals surface area contributed by atoms with Gasteiger partial charge in [0.2, 0.25) is 0 Å². The van der Waals surface area contributed by atoms with Gasteiger partial charge in [-0.25, -0.2) is 8.42 Å². The zero-order chi connectivity index (χ0) is 8.48. The summed E-state index contributed by atoms with van der Waals surface area (Å²) >= 11 is 0. The largest absolute Gasteiger partial charge is 0.328 e. The number of nitrogens with two attached hydrogens (primary N) is 1. The molecule has 1 rings (SSSR count). The van der Waals surface area contributed by atoms with Gasteiger partial charge in [-0.15, -0.1) is 12.4 Å². The van der Waals surface area contributed by atoms with Gasteiger partial charge in [0.25, 0.3) is 0 Å². The highest BCUT2D eigenvalue weighted by molar-refractivity contribution is 7.91. The van der Waals surface area contributed by atoms with Crippen LogP contribution in [-0.2, 0) is 9.84 Å². The molecule has 5 heteroatoms. The molecule has 0 spiro atoms. The highest BCUT2D eigenvalue weighted by atomic mass is 35.5. The average molecular weight is 214 g/mol. The zero-order valence-electron chi connectivity index (χ0n) is 7.19. The lowest BCUT2D eigenvalue weighted by Gasteiger charge is -2.09. The van der Waals surface area contributed by atoms with Crippen molar-refractivity contribution < 1.29 is 8.42 Å². The van der Waals surface area contributed by atoms with Crippen molar-refractivity contribution >= 4 is 22.2 Å². The topological polar surface area (TPSA) is 60.2 Å². The van der Waals surface area contributed by atoms with E-state index in [9.17, 15) is 8.42 Å². The summed E-state index contributed by atoms with van der Waals surface area (Å²) in [4.78, 5) is 0. The second-order valence-corrected chi connectivity index (χ2v) is 5.71. The van der Waals surface area contributed by atoms with Crippen molar-refractivity contribution in [2.45, 2.75) is 25.8 Å². The Morgan fingerprint density at radius 2 is 2.17 bits per heavy atom. The molecule has 2 atom stereocenters. The quantitative estimate of drug-likeness (QED) is 0.730. The Hall–Kier alpha value is 0.200. The first-order chi connectivity index (χ1) is 4.99. The van der Waals surface area contributed by atoms with Crippen LogP contribution in [0.2, 0.25) is 0 Å². The maximum absolute atomic E-state index is 11.0. The molecule has 2 unspecified atom stereocenters. The predicted molar refractivity (Wildman–Crippen MR) is 52.3 cm³/mol. The second-order valence-electron chi connectivity index (χ2n) is 3.48. The summed E-state index contributed by atoms with van der Waals surface area (Å²) in [5.74, 6) is 1.04. The summed E-state index contributed by atoms with van der Waals surface area (Å²) in [5, 5.41) is 0. The number of halogens is 1. The van der Waals surface area contributed by atoms with Gasteiger partial charge in [0.1, 0.15) is 0 Å². The van der Waals surface area contributed by atoms with E-state index in [-0.39, 0.29) is 18.4 Å². The zero-order valence-corrected chi connectivity index (χ0v) is 8.83. The van der Waals surface area contributed by atoms with Gasteiger partial charge in [0.15, 0.2) is 9.84 Å². The molecule has 3 nitrogen and oxygen atoms in total. The van der Waals surface area contributed by atoms with Crippen molar-refractivity contribution in [3.05, 3.63) is 0 Å². The molecular weight excluding hydrogens is 198 g/mol. The van der Waals surface area contributed by atoms with Crippen molar-refractivity contribution in [1.29, 1.82) is 0 Å². The number of sulfone groups is 1. The maximum Gasteiger partial charge on any atom is 0.150 e. The Bertz CT molecular complexity index is 226. The maximum atomic E-state index is 11.0. The Labute approximate surface area is 80.0 Å². The molecule has 1 aliphatic rings. The van der Waals surface area contributed by atoms with E-state index in [1.165, 1.54) is 0 Å². The molecule has 1 saturated heterocycles. The Kier molecular flexibility index (Phi) is 4.51. The normalized spacial score (nSPS) is 29.3. The molecule has 0 aromatic rings. The number of hydrogen-bond acceptors (Lipinski definition) is 3. The molecule has 0 amide bonds. The van der Waals surface area contributed by atoms with Gasteiger partial charge in [0.05, 0.1) is 11.5 Å². The molecule has 1 aliphatic heterocycles. The van der Waals surface area contributed by atoms with Crippen LogP contribution in [0.15, 0.2) is 0 Å². The smallest absolute Gasteiger partial charge is 0.150 e. The molecule has 0 bridgehead atoms. The highest BCUT2D eigenvalue weighted by Crippen LogP contribution is 2.21. The van der Waals surface area contributed by atoms with E-state index in [1.807, 2.05) is 6.92 Å². The van der Waals surface area contributed by atoms with Gasteiger partial charge in [-0.3, -0.25) is 0 Å². The Balaban J connectivity index is 0.00000121. The molecule has 2 N–H and O–H groups in total. The Morgan fingerprint density at radius 1 is 1.58 bits per heavy atom. The van der Waals surface area contributed by atoms with Crippen LogP contribution in [-0.4, -0.2) is 26.0 Å². The summed E-state index contributed by atoms with van der Waals surface area (Å²) in [6.45, 7) is 1.92. The third kappa shape index (κ3) is 3.74. The fraction of sp³-hybridized carbons (Fsp3) is 1.00. The van der Waals surface area contributed by atoms with E-state index in [1.54, 1.807) is 0 Å². The molecule has 0 aliphatic carbocycles. The summed E-state index contributed by atoms with van der Waals surface area (Å²) in [6, 6.07) is 0.133. The van der Waals surface area contributed by atoms with Crippen LogP contribution in [0.5, 0.6) is 0 Å². The van der Waals surface area contributed by atoms with Crippen LogP contribution in [0.3, 0.4) is 0 Å². The van der Waals surface area contributed by atoms with E-state index in [0.717, 1.165) is 12.8 Å². The van der Waals surface area contributed by atoms with Crippen molar-refractivity contribution in [3.63, 3.8) is 0 Å². The number of rotatable bonds is 2. The summed E-state index contributed by atoms with van der Waals surface area (Å²) in [7, 11) is -2.70. The highest BCUT2D eigenvalue weighted by Gasteiger charge is 2.27. The monoisotopic (exact) mass is 213 g/mol. The van der Waals surface area contributed by atoms with E-state index < -0.39 is 9.84 Å². The van der Waals surface area contributed by atoms with Crippen molar-refractivity contribution in [2.75, 3.05) is 11.5 Å². The molecular formula is C7H16ClNO2S. The minimum absolute atomic E-state index is 0. The van der Waals surface area contributed by atoms with Crippen LogP contribution < -0.4 is 5.73 Å². The lowest BCUT2D eigenvalue weighted by atomic mass is 10.0. The van der Waals surface area contributed by atoms with Gasteiger partial charge < -0.3 is 5.73 Å². The van der Waals surface area contributed by atoms with Crippen molar-refractivity contribution in [2.24, 2.45) is 11.7 Å². The first kappa shape index (κ1) is 12.2. The van der Waals surface area contributed by atoms with Crippen molar-refractivity contribution in [3.8, 4) is 0 Å². The first-order valence-electron chi connectivity index (χ1n) is 3.95. The summed E-state index contributed by atoms with van der Waals surface area (Å²) in [5.41, 5.74) is 5.57. The molecule has 0 saturated carbocycles. The fourth-order valence-electron chi connectivity index (χ4n) is 1.58. The van der Waals surface area contributed by atoms with E-state index in [0.29, 0.717) is 17.4 Å². The lowest BCUT2D eigenvalue weighted by molar-refractivity contribution is 0.490. The average Bonchev–Trinajstić information content (AvgIpc) is 2.08. The van der Waals surface area contributed by atoms with E-state index in [4.69, 9.17) is 5.73 Å². The molecule has 0 aromatic heterocycles. The van der Waals surface area contributed by atoms with Gasteiger partial charge in [-0.05, 0) is 25.7 Å². The van der Waals surface area contributed by atoms with Crippen molar-refractivity contribution in [1.82, 2.24) is 0 Å². The van der Waals surface area contributed by atoms with Gasteiger partial charge in [-0.2, -0.15) is 0 Å².